The summed E-state index contributed by atoms with van der Waals surface area (Å²) in [5.41, 5.74) is 4.82. The van der Waals surface area contributed by atoms with Gasteiger partial charge in [0.2, 0.25) is 5.91 Å². The van der Waals surface area contributed by atoms with Crippen LogP contribution in [0.5, 0.6) is 0 Å². The molecule has 0 aromatic carbocycles. The van der Waals surface area contributed by atoms with Gasteiger partial charge >= 0.3 is 0 Å². The third-order valence-electron chi connectivity index (χ3n) is 3.15. The average molecular weight is 281 g/mol. The topological polar surface area (TPSA) is 72.2 Å². The van der Waals surface area contributed by atoms with Gasteiger partial charge in [0, 0.05) is 11.8 Å². The monoisotopic (exact) mass is 280 g/mol. The molecule has 1 fully saturated rings. The van der Waals surface area contributed by atoms with Crippen LogP contribution in [0.15, 0.2) is 0 Å². The number of hydrogen-bond acceptors (Lipinski definition) is 3. The summed E-state index contributed by atoms with van der Waals surface area (Å²) in [6.45, 7) is 1.69. The summed E-state index contributed by atoms with van der Waals surface area (Å²) < 4.78 is 0. The molecule has 17 heavy (non-hydrogen) atoms. The Balaban J connectivity index is 2.83. The third kappa shape index (κ3) is 3.33. The molecule has 6 heteroatoms. The quantitative estimate of drug-likeness (QED) is 0.601. The van der Waals surface area contributed by atoms with E-state index < -0.39 is 11.3 Å². The highest BCUT2D eigenvalue weighted by atomic mass is 35.5. The molecule has 1 heterocycles. The van der Waals surface area contributed by atoms with Crippen LogP contribution in [0.4, 0.5) is 0 Å². The zero-order chi connectivity index (χ0) is 13.1. The molecule has 1 amide bonds. The lowest BCUT2D eigenvalue weighted by molar-refractivity contribution is -0.138. The van der Waals surface area contributed by atoms with E-state index in [4.69, 9.17) is 28.9 Å². The average Bonchev–Trinajstić information content (AvgIpc) is 2.48. The van der Waals surface area contributed by atoms with Crippen molar-refractivity contribution < 1.29 is 9.59 Å². The molecule has 1 rings (SSSR count). The first-order valence-electron chi connectivity index (χ1n) is 5.67. The molecule has 1 unspecified atom stereocenters. The number of hydrogen-bond donors (Lipinski definition) is 2. The van der Waals surface area contributed by atoms with Crippen LogP contribution in [0.25, 0.3) is 0 Å². The number of nitrogens with one attached hydrogen (secondary N) is 1. The van der Waals surface area contributed by atoms with Crippen molar-refractivity contribution in [3.05, 3.63) is 0 Å². The van der Waals surface area contributed by atoms with Gasteiger partial charge in [0.25, 0.3) is 0 Å². The molecular weight excluding hydrogens is 263 g/mol. The van der Waals surface area contributed by atoms with Crippen LogP contribution in [0.2, 0.25) is 0 Å². The van der Waals surface area contributed by atoms with E-state index >= 15 is 0 Å². The first kappa shape index (κ1) is 14.7. The fraction of sp³-hybridized carbons (Fsp3) is 0.818. The van der Waals surface area contributed by atoms with Gasteiger partial charge in [-0.2, -0.15) is 0 Å². The highest BCUT2D eigenvalue weighted by molar-refractivity contribution is 6.25. The maximum Gasteiger partial charge on any atom is 0.231 e. The molecule has 0 saturated carbocycles. The predicted molar refractivity (Wildman–Crippen MR) is 68.0 cm³/mol. The Morgan fingerprint density at radius 3 is 2.59 bits per heavy atom. The molecule has 0 aromatic heterocycles. The Bertz CT molecular complexity index is 306. The number of amides is 1. The Hall–Kier alpha value is -0.320. The summed E-state index contributed by atoms with van der Waals surface area (Å²) in [5, 5.41) is 2.62. The van der Waals surface area contributed by atoms with Crippen LogP contribution in [-0.2, 0) is 9.59 Å². The summed E-state index contributed by atoms with van der Waals surface area (Å²) in [7, 11) is 0. The van der Waals surface area contributed by atoms with Gasteiger partial charge in [-0.1, -0.05) is 6.92 Å². The van der Waals surface area contributed by atoms with E-state index in [0.29, 0.717) is 12.8 Å². The van der Waals surface area contributed by atoms with Crippen LogP contribution in [0, 0.1) is 11.3 Å². The lowest BCUT2D eigenvalue weighted by atomic mass is 9.80. The highest BCUT2D eigenvalue weighted by Crippen LogP contribution is 2.29. The molecule has 0 bridgehead atoms. The van der Waals surface area contributed by atoms with Crippen LogP contribution >= 0.6 is 23.2 Å². The standard InChI is InChI=1S/C11H18Cl2N2O2/c1-11(5-12,6-13)9(16)7-3-2-4-8(14)15-10(7)17/h7-8H,2-6,14H2,1H3,(H,15,17)/t7?,8-/m0/s1. The van der Waals surface area contributed by atoms with Crippen molar-refractivity contribution in [1.29, 1.82) is 0 Å². The van der Waals surface area contributed by atoms with Gasteiger partial charge in [-0.3, -0.25) is 9.59 Å². The zero-order valence-electron chi connectivity index (χ0n) is 9.84. The second kappa shape index (κ2) is 6.03. The maximum atomic E-state index is 12.3. The van der Waals surface area contributed by atoms with Gasteiger partial charge in [0.1, 0.15) is 0 Å². The minimum Gasteiger partial charge on any atom is -0.340 e. The number of alkyl halides is 2. The normalized spacial score (nSPS) is 26.2. The number of ketones is 1. The third-order valence-corrected chi connectivity index (χ3v) is 4.33. The zero-order valence-corrected chi connectivity index (χ0v) is 11.4. The van der Waals surface area contributed by atoms with Crippen LogP contribution in [-0.4, -0.2) is 29.6 Å². The lowest BCUT2D eigenvalue weighted by Crippen LogP contribution is -2.47. The molecule has 0 spiro atoms. The summed E-state index contributed by atoms with van der Waals surface area (Å²) in [6, 6.07) is 0. The molecule has 0 radical (unpaired) electrons. The Morgan fingerprint density at radius 2 is 2.06 bits per heavy atom. The van der Waals surface area contributed by atoms with Gasteiger partial charge < -0.3 is 11.1 Å². The molecule has 1 saturated heterocycles. The molecule has 0 aliphatic carbocycles. The first-order valence-corrected chi connectivity index (χ1v) is 6.73. The van der Waals surface area contributed by atoms with E-state index in [1.807, 2.05) is 0 Å². The van der Waals surface area contributed by atoms with Crippen molar-refractivity contribution in [1.82, 2.24) is 5.32 Å². The van der Waals surface area contributed by atoms with Gasteiger partial charge in [0.05, 0.1) is 17.5 Å². The van der Waals surface area contributed by atoms with Crippen molar-refractivity contribution in [2.24, 2.45) is 17.1 Å². The molecule has 3 N–H and O–H groups in total. The highest BCUT2D eigenvalue weighted by Gasteiger charge is 2.40. The van der Waals surface area contributed by atoms with E-state index in [9.17, 15) is 9.59 Å². The summed E-state index contributed by atoms with van der Waals surface area (Å²) in [4.78, 5) is 24.1. The summed E-state index contributed by atoms with van der Waals surface area (Å²) >= 11 is 11.6. The van der Waals surface area contributed by atoms with Gasteiger partial charge in [0.15, 0.2) is 5.78 Å². The van der Waals surface area contributed by atoms with E-state index in [-0.39, 0.29) is 29.6 Å². The number of Topliss-reactive ketones (excluding diaryl/α,β-unsaturated/α-hetero) is 1. The van der Waals surface area contributed by atoms with Gasteiger partial charge in [-0.05, 0) is 19.3 Å². The Morgan fingerprint density at radius 1 is 1.47 bits per heavy atom. The lowest BCUT2D eigenvalue weighted by Gasteiger charge is -2.26. The number of carbonyl (C=O) groups excluding carboxylic acids is 2. The molecule has 0 aromatic rings. The SMILES string of the molecule is CC(CCl)(CCl)C(=O)C1CCC[C@@H](N)NC1=O. The Labute approximate surface area is 111 Å². The van der Waals surface area contributed by atoms with Crippen molar-refractivity contribution in [2.45, 2.75) is 32.4 Å². The number of carbonyl (C=O) groups is 2. The minimum absolute atomic E-state index is 0.116. The summed E-state index contributed by atoms with van der Waals surface area (Å²) in [6.07, 6.45) is 1.59. The maximum absolute atomic E-state index is 12.3. The number of rotatable bonds is 4. The fourth-order valence-electron chi connectivity index (χ4n) is 1.87. The smallest absolute Gasteiger partial charge is 0.231 e. The molecule has 98 valence electrons. The molecule has 2 atom stereocenters. The largest absolute Gasteiger partial charge is 0.340 e. The van der Waals surface area contributed by atoms with Gasteiger partial charge in [-0.15, -0.1) is 23.2 Å². The second-order valence-electron chi connectivity index (χ2n) is 4.79. The minimum atomic E-state index is -0.848. The van der Waals surface area contributed by atoms with E-state index in [1.54, 1.807) is 6.92 Å². The van der Waals surface area contributed by atoms with Crippen LogP contribution in [0.1, 0.15) is 26.2 Å². The van der Waals surface area contributed by atoms with E-state index in [2.05, 4.69) is 5.32 Å². The Kier molecular flexibility index (Phi) is 5.22. The van der Waals surface area contributed by atoms with Crippen molar-refractivity contribution in [3.63, 3.8) is 0 Å². The van der Waals surface area contributed by atoms with Crippen molar-refractivity contribution in [2.75, 3.05) is 11.8 Å². The number of halogens is 2. The summed E-state index contributed by atoms with van der Waals surface area (Å²) in [5.74, 6) is -0.933. The molecule has 4 nitrogen and oxygen atoms in total. The predicted octanol–water partition coefficient (Wildman–Crippen LogP) is 1.24. The van der Waals surface area contributed by atoms with Crippen LogP contribution < -0.4 is 11.1 Å². The van der Waals surface area contributed by atoms with E-state index in [0.717, 1.165) is 6.42 Å². The van der Waals surface area contributed by atoms with E-state index in [1.165, 1.54) is 0 Å². The number of nitrogens with two attached hydrogens (primary N) is 1. The fourth-order valence-corrected chi connectivity index (χ4v) is 2.42. The van der Waals surface area contributed by atoms with Crippen molar-refractivity contribution >= 4 is 34.9 Å². The molecule has 1 aliphatic heterocycles. The molecule has 1 aliphatic rings. The first-order chi connectivity index (χ1) is 7.94. The van der Waals surface area contributed by atoms with Crippen LogP contribution in [0.3, 0.4) is 0 Å². The molecular formula is C11H18Cl2N2O2. The second-order valence-corrected chi connectivity index (χ2v) is 5.33. The van der Waals surface area contributed by atoms with Gasteiger partial charge in [-0.25, -0.2) is 0 Å². The van der Waals surface area contributed by atoms with Crippen molar-refractivity contribution in [3.8, 4) is 0 Å².